The Labute approximate surface area is 135 Å². The second-order valence-electron chi connectivity index (χ2n) is 6.13. The van der Waals surface area contributed by atoms with Gasteiger partial charge < -0.3 is 9.88 Å². The molecule has 0 spiro atoms. The molecular formula is C17H22N4O2. The summed E-state index contributed by atoms with van der Waals surface area (Å²) in [5, 5.41) is 4.54. The van der Waals surface area contributed by atoms with E-state index in [0.717, 1.165) is 17.8 Å². The van der Waals surface area contributed by atoms with E-state index in [1.165, 1.54) is 6.07 Å². The summed E-state index contributed by atoms with van der Waals surface area (Å²) in [6, 6.07) is 5.33. The Hall–Kier alpha value is -2.37. The number of carbonyl (C=O) groups excluding carboxylic acids is 1. The lowest BCUT2D eigenvalue weighted by atomic mass is 10.1. The number of nitrogens with one attached hydrogen (secondary N) is 1. The lowest BCUT2D eigenvalue weighted by Gasteiger charge is -2.18. The summed E-state index contributed by atoms with van der Waals surface area (Å²) < 4.78 is 2.02. The molecule has 1 fully saturated rings. The Bertz CT molecular complexity index is 790. The Morgan fingerprint density at radius 3 is 2.83 bits per heavy atom. The Morgan fingerprint density at radius 2 is 2.17 bits per heavy atom. The number of hydrogen-bond donors (Lipinski definition) is 1. The van der Waals surface area contributed by atoms with Gasteiger partial charge in [0, 0.05) is 30.5 Å². The van der Waals surface area contributed by atoms with Crippen molar-refractivity contribution in [3.8, 4) is 0 Å². The summed E-state index contributed by atoms with van der Waals surface area (Å²) in [7, 11) is 0. The first-order valence-corrected chi connectivity index (χ1v) is 8.03. The number of nitrogens with zero attached hydrogens (tertiary/aromatic N) is 3. The van der Waals surface area contributed by atoms with E-state index in [2.05, 4.69) is 16.1 Å². The number of hydrogen-bond acceptors (Lipinski definition) is 3. The van der Waals surface area contributed by atoms with E-state index in [0.29, 0.717) is 30.8 Å². The van der Waals surface area contributed by atoms with Gasteiger partial charge >= 0.3 is 0 Å². The van der Waals surface area contributed by atoms with Crippen molar-refractivity contribution in [1.82, 2.24) is 19.7 Å². The number of likely N-dealkylation sites (tertiary alicyclic amines) is 1. The summed E-state index contributed by atoms with van der Waals surface area (Å²) in [6.07, 6.45) is 1.53. The summed E-state index contributed by atoms with van der Waals surface area (Å²) in [4.78, 5) is 28.8. The van der Waals surface area contributed by atoms with E-state index in [1.807, 2.05) is 30.4 Å². The molecule has 3 heterocycles. The average molecular weight is 314 g/mol. The van der Waals surface area contributed by atoms with Crippen molar-refractivity contribution < 1.29 is 4.79 Å². The molecular weight excluding hydrogens is 292 g/mol. The van der Waals surface area contributed by atoms with Crippen LogP contribution in [0.3, 0.4) is 0 Å². The summed E-state index contributed by atoms with van der Waals surface area (Å²) in [6.45, 7) is 7.33. The molecule has 0 bridgehead atoms. The van der Waals surface area contributed by atoms with E-state index in [-0.39, 0.29) is 17.5 Å². The van der Waals surface area contributed by atoms with Gasteiger partial charge in [0.05, 0.1) is 17.3 Å². The van der Waals surface area contributed by atoms with Crippen LogP contribution in [-0.4, -0.2) is 38.7 Å². The zero-order valence-electron chi connectivity index (χ0n) is 13.8. The summed E-state index contributed by atoms with van der Waals surface area (Å²) >= 11 is 0. The van der Waals surface area contributed by atoms with Gasteiger partial charge in [0.25, 0.3) is 5.91 Å². The number of amides is 1. The van der Waals surface area contributed by atoms with Crippen LogP contribution in [0.2, 0.25) is 0 Å². The van der Waals surface area contributed by atoms with Crippen molar-refractivity contribution in [2.45, 2.75) is 39.7 Å². The highest BCUT2D eigenvalue weighted by atomic mass is 16.2. The maximum absolute atomic E-state index is 12.8. The number of pyridine rings is 1. The van der Waals surface area contributed by atoms with Crippen LogP contribution in [0.15, 0.2) is 23.0 Å². The van der Waals surface area contributed by atoms with Gasteiger partial charge in [0.1, 0.15) is 0 Å². The van der Waals surface area contributed by atoms with Gasteiger partial charge in [-0.05, 0) is 38.8 Å². The topological polar surface area (TPSA) is 71.0 Å². The molecule has 3 rings (SSSR count). The maximum Gasteiger partial charge on any atom is 0.255 e. The van der Waals surface area contributed by atoms with Crippen molar-refractivity contribution in [3.05, 3.63) is 51.2 Å². The maximum atomic E-state index is 12.8. The molecule has 1 saturated heterocycles. The monoisotopic (exact) mass is 314 g/mol. The second-order valence-corrected chi connectivity index (χ2v) is 6.13. The molecule has 1 atom stereocenters. The van der Waals surface area contributed by atoms with E-state index < -0.39 is 0 Å². The fourth-order valence-electron chi connectivity index (χ4n) is 3.31. The predicted octanol–water partition coefficient (Wildman–Crippen LogP) is 1.84. The normalized spacial score (nSPS) is 17.7. The van der Waals surface area contributed by atoms with Crippen molar-refractivity contribution in [1.29, 1.82) is 0 Å². The molecule has 23 heavy (non-hydrogen) atoms. The molecule has 1 aliphatic heterocycles. The molecule has 0 saturated carbocycles. The smallest absolute Gasteiger partial charge is 0.255 e. The molecule has 2 aromatic heterocycles. The SMILES string of the molecule is CCc1[nH]c(=O)ccc1C(=O)N1CCC(n2nc(C)cc2C)C1. The average Bonchev–Trinajstić information content (AvgIpc) is 3.12. The fraction of sp³-hybridized carbons (Fsp3) is 0.471. The lowest BCUT2D eigenvalue weighted by Crippen LogP contribution is -2.31. The number of aryl methyl sites for hydroxylation is 3. The first kappa shape index (κ1) is 15.5. The molecule has 1 N–H and O–H groups in total. The standard InChI is InChI=1S/C17H22N4O2/c1-4-15-14(5-6-16(22)18-15)17(23)20-8-7-13(10-20)21-12(3)9-11(2)19-21/h5-6,9,13H,4,7-8,10H2,1-3H3,(H,18,22). The molecule has 0 radical (unpaired) electrons. The van der Waals surface area contributed by atoms with Crippen LogP contribution in [0.4, 0.5) is 0 Å². The van der Waals surface area contributed by atoms with Crippen molar-refractivity contribution in [3.63, 3.8) is 0 Å². The minimum Gasteiger partial charge on any atom is -0.336 e. The third-order valence-corrected chi connectivity index (χ3v) is 4.43. The minimum atomic E-state index is -0.166. The van der Waals surface area contributed by atoms with Crippen molar-refractivity contribution >= 4 is 5.91 Å². The molecule has 6 heteroatoms. The Morgan fingerprint density at radius 1 is 1.39 bits per heavy atom. The molecule has 0 aliphatic carbocycles. The first-order chi connectivity index (χ1) is 11.0. The molecule has 1 aliphatic rings. The predicted molar refractivity (Wildman–Crippen MR) is 87.7 cm³/mol. The van der Waals surface area contributed by atoms with Crippen LogP contribution in [0.1, 0.15) is 46.8 Å². The zero-order chi connectivity index (χ0) is 16.6. The zero-order valence-corrected chi connectivity index (χ0v) is 13.8. The van der Waals surface area contributed by atoms with Gasteiger partial charge in [-0.2, -0.15) is 5.10 Å². The lowest BCUT2D eigenvalue weighted by molar-refractivity contribution is 0.0785. The summed E-state index contributed by atoms with van der Waals surface area (Å²) in [5.74, 6) is -0.0119. The van der Waals surface area contributed by atoms with Crippen LogP contribution in [-0.2, 0) is 6.42 Å². The molecule has 2 aromatic rings. The number of aromatic nitrogens is 3. The second kappa shape index (κ2) is 6.02. The molecule has 0 aromatic carbocycles. The van der Waals surface area contributed by atoms with Crippen molar-refractivity contribution in [2.24, 2.45) is 0 Å². The number of carbonyl (C=O) groups is 1. The Balaban J connectivity index is 1.80. The third kappa shape index (κ3) is 2.93. The minimum absolute atomic E-state index is 0.0119. The van der Waals surface area contributed by atoms with E-state index in [9.17, 15) is 9.59 Å². The van der Waals surface area contributed by atoms with Crippen LogP contribution in [0.25, 0.3) is 0 Å². The number of aromatic amines is 1. The van der Waals surface area contributed by atoms with Gasteiger partial charge in [0.15, 0.2) is 0 Å². The molecule has 122 valence electrons. The highest BCUT2D eigenvalue weighted by Gasteiger charge is 2.30. The van der Waals surface area contributed by atoms with Crippen LogP contribution in [0.5, 0.6) is 0 Å². The number of H-pyrrole nitrogens is 1. The van der Waals surface area contributed by atoms with Crippen LogP contribution < -0.4 is 5.56 Å². The van der Waals surface area contributed by atoms with Gasteiger partial charge in [0.2, 0.25) is 5.56 Å². The Kier molecular flexibility index (Phi) is 4.07. The molecule has 1 amide bonds. The van der Waals surface area contributed by atoms with E-state index in [1.54, 1.807) is 6.07 Å². The van der Waals surface area contributed by atoms with Gasteiger partial charge in [-0.1, -0.05) is 6.92 Å². The van der Waals surface area contributed by atoms with Gasteiger partial charge in [-0.15, -0.1) is 0 Å². The van der Waals surface area contributed by atoms with Crippen LogP contribution in [0, 0.1) is 13.8 Å². The quantitative estimate of drug-likeness (QED) is 0.939. The van der Waals surface area contributed by atoms with E-state index in [4.69, 9.17) is 0 Å². The first-order valence-electron chi connectivity index (χ1n) is 8.03. The van der Waals surface area contributed by atoms with Crippen LogP contribution >= 0.6 is 0 Å². The van der Waals surface area contributed by atoms with Crippen molar-refractivity contribution in [2.75, 3.05) is 13.1 Å². The number of rotatable bonds is 3. The molecule has 6 nitrogen and oxygen atoms in total. The fourth-order valence-corrected chi connectivity index (χ4v) is 3.31. The highest BCUT2D eigenvalue weighted by molar-refractivity contribution is 5.95. The third-order valence-electron chi connectivity index (χ3n) is 4.43. The molecule has 1 unspecified atom stereocenters. The largest absolute Gasteiger partial charge is 0.336 e. The summed E-state index contributed by atoms with van der Waals surface area (Å²) in [5.41, 5.74) is 3.26. The van der Waals surface area contributed by atoms with E-state index >= 15 is 0 Å². The van der Waals surface area contributed by atoms with Gasteiger partial charge in [-0.3, -0.25) is 14.3 Å². The van der Waals surface area contributed by atoms with Gasteiger partial charge in [-0.25, -0.2) is 0 Å². The highest BCUT2D eigenvalue weighted by Crippen LogP contribution is 2.24.